The molecule has 0 radical (unpaired) electrons. The van der Waals surface area contributed by atoms with Crippen molar-refractivity contribution in [1.82, 2.24) is 4.98 Å². The number of benzene rings is 3. The summed E-state index contributed by atoms with van der Waals surface area (Å²) in [5, 5.41) is 17.9. The van der Waals surface area contributed by atoms with E-state index in [0.29, 0.717) is 28.8 Å². The van der Waals surface area contributed by atoms with Crippen molar-refractivity contribution in [3.63, 3.8) is 0 Å². The summed E-state index contributed by atoms with van der Waals surface area (Å²) in [5.41, 5.74) is 8.57. The molecule has 4 aromatic rings. The molecule has 0 amide bonds. The number of hydrogen-bond donors (Lipinski definition) is 3. The van der Waals surface area contributed by atoms with E-state index >= 15 is 0 Å². The minimum atomic E-state index is -4.50. The Labute approximate surface area is 245 Å². The van der Waals surface area contributed by atoms with E-state index in [2.05, 4.69) is 15.2 Å². The second kappa shape index (κ2) is 13.8. The number of unbranched alkanes of at least 4 members (excludes halogenated alkanes) is 3. The van der Waals surface area contributed by atoms with Crippen LogP contribution in [0.4, 0.5) is 17.1 Å². The van der Waals surface area contributed by atoms with Crippen molar-refractivity contribution in [2.45, 2.75) is 30.6 Å². The first-order chi connectivity index (χ1) is 17.9. The van der Waals surface area contributed by atoms with Gasteiger partial charge in [0.05, 0.1) is 24.2 Å². The summed E-state index contributed by atoms with van der Waals surface area (Å²) < 4.78 is 39.5. The number of aliphatic hydroxyl groups is 1. The Hall–Kier alpha value is -2.86. The summed E-state index contributed by atoms with van der Waals surface area (Å²) in [5.74, 6) is 0.730. The molecule has 0 aliphatic carbocycles. The van der Waals surface area contributed by atoms with E-state index in [1.807, 2.05) is 24.3 Å². The Morgan fingerprint density at radius 3 is 2.34 bits per heavy atom. The van der Waals surface area contributed by atoms with Gasteiger partial charge in [0.2, 0.25) is 0 Å². The molecule has 0 fully saturated rings. The Balaban J connectivity index is 0.00000267. The Morgan fingerprint density at radius 2 is 1.63 bits per heavy atom. The minimum Gasteiger partial charge on any atom is -1.00 e. The van der Waals surface area contributed by atoms with Gasteiger partial charge in [-0.3, -0.25) is 9.54 Å². The first kappa shape index (κ1) is 29.7. The third-order valence-electron chi connectivity index (χ3n) is 5.80. The number of aliphatic hydroxyl groups excluding tert-OH is 1. The number of nitrogens with zero attached hydrogens (tertiary/aromatic N) is 3. The van der Waals surface area contributed by atoms with Crippen molar-refractivity contribution < 1.29 is 53.8 Å². The Bertz CT molecular complexity index is 1520. The summed E-state index contributed by atoms with van der Waals surface area (Å²) in [7, 11) is -4.50. The maximum Gasteiger partial charge on any atom is 1.00 e. The van der Waals surface area contributed by atoms with Crippen LogP contribution in [0, 0.1) is 0 Å². The number of anilines is 1. The molecule has 0 aliphatic heterocycles. The second-order valence-electron chi connectivity index (χ2n) is 8.41. The third kappa shape index (κ3) is 7.37. The van der Waals surface area contributed by atoms with E-state index in [4.69, 9.17) is 15.6 Å². The second-order valence-corrected chi connectivity index (χ2v) is 9.80. The van der Waals surface area contributed by atoms with Gasteiger partial charge in [0.15, 0.2) is 0 Å². The molecule has 0 aliphatic rings. The molecule has 1 aromatic heterocycles. The number of aromatic nitrogens is 1. The quantitative estimate of drug-likeness (QED) is 0.0864. The molecule has 0 spiro atoms. The largest absolute Gasteiger partial charge is 1.00 e. The summed E-state index contributed by atoms with van der Waals surface area (Å²) in [4.78, 5) is 4.20. The Morgan fingerprint density at radius 1 is 0.921 bits per heavy atom. The fourth-order valence-corrected chi connectivity index (χ4v) is 4.63. The van der Waals surface area contributed by atoms with Crippen molar-refractivity contribution in [3.8, 4) is 17.0 Å². The van der Waals surface area contributed by atoms with Gasteiger partial charge in [-0.15, -0.1) is 10.2 Å². The Kier molecular flexibility index (Phi) is 10.8. The molecule has 194 valence electrons. The topological polar surface area (TPSA) is 147 Å². The number of nitrogen functional groups attached to an aromatic ring is 1. The standard InChI is InChI=1S/C27H28N4O5S.Na.H/c28-27-21-10-4-3-9-20(21)26(37(33,34)35)17-24(27)31-30-19-13-14-23(29-18-19)22-11-5-6-12-25(22)36-16-8-2-1-7-15-32;;/h3-6,9-14,17-18,32H,1-2,7-8,15-16,28H2,(H,33,34,35);;/q;+1;-1. The summed E-state index contributed by atoms with van der Waals surface area (Å²) in [6, 6.07) is 19.0. The van der Waals surface area contributed by atoms with Crippen LogP contribution in [0.2, 0.25) is 0 Å². The molecule has 0 unspecified atom stereocenters. The van der Waals surface area contributed by atoms with Crippen LogP contribution >= 0.6 is 0 Å². The van der Waals surface area contributed by atoms with E-state index in [1.165, 1.54) is 6.07 Å². The summed E-state index contributed by atoms with van der Waals surface area (Å²) in [6.45, 7) is 0.791. The van der Waals surface area contributed by atoms with Crippen LogP contribution in [-0.2, 0) is 10.1 Å². The number of hydrogen-bond acceptors (Lipinski definition) is 8. The number of ether oxygens (including phenoxy) is 1. The van der Waals surface area contributed by atoms with Gasteiger partial charge in [0.1, 0.15) is 22.0 Å². The number of pyridine rings is 1. The van der Waals surface area contributed by atoms with E-state index < -0.39 is 10.1 Å². The van der Waals surface area contributed by atoms with E-state index in [0.717, 1.165) is 37.0 Å². The molecule has 0 bridgehead atoms. The van der Waals surface area contributed by atoms with Gasteiger partial charge in [-0.25, -0.2) is 0 Å². The number of azo groups is 1. The molecule has 0 saturated heterocycles. The molecule has 11 heteroatoms. The van der Waals surface area contributed by atoms with Gasteiger partial charge >= 0.3 is 29.6 Å². The zero-order valence-corrected chi connectivity index (χ0v) is 23.9. The SMILES string of the molecule is Nc1c(N=Nc2ccc(-c3ccccc3OCCCCCCO)nc2)cc(S(=O)(=O)O)c2ccccc12.[H-].[Na+]. The maximum absolute atomic E-state index is 11.9. The number of fused-ring (bicyclic) bond motifs is 1. The molecule has 38 heavy (non-hydrogen) atoms. The molecule has 0 atom stereocenters. The van der Waals surface area contributed by atoms with Gasteiger partial charge in [-0.1, -0.05) is 42.8 Å². The normalized spacial score (nSPS) is 11.5. The van der Waals surface area contributed by atoms with Crippen LogP contribution in [-0.4, -0.2) is 36.3 Å². The summed E-state index contributed by atoms with van der Waals surface area (Å²) in [6.07, 6.45) is 5.22. The van der Waals surface area contributed by atoms with Crippen LogP contribution in [0.1, 0.15) is 27.1 Å². The molecule has 9 nitrogen and oxygen atoms in total. The number of rotatable bonds is 11. The molecule has 4 rings (SSSR count). The fourth-order valence-electron chi connectivity index (χ4n) is 3.92. The van der Waals surface area contributed by atoms with Crippen molar-refractivity contribution in [2.75, 3.05) is 18.9 Å². The van der Waals surface area contributed by atoms with Gasteiger partial charge in [-0.2, -0.15) is 8.42 Å². The van der Waals surface area contributed by atoms with Gasteiger partial charge in [0.25, 0.3) is 10.1 Å². The van der Waals surface area contributed by atoms with E-state index in [9.17, 15) is 13.0 Å². The first-order valence-corrected chi connectivity index (χ1v) is 13.3. The average molecular weight is 545 g/mol. The molecule has 1 heterocycles. The van der Waals surface area contributed by atoms with Crippen molar-refractivity contribution in [3.05, 3.63) is 72.9 Å². The zero-order valence-electron chi connectivity index (χ0n) is 22.1. The predicted molar refractivity (Wildman–Crippen MR) is 144 cm³/mol. The van der Waals surface area contributed by atoms with Crippen molar-refractivity contribution in [1.29, 1.82) is 0 Å². The molecule has 0 saturated carbocycles. The monoisotopic (exact) mass is 544 g/mol. The van der Waals surface area contributed by atoms with Crippen LogP contribution < -0.4 is 40.0 Å². The van der Waals surface area contributed by atoms with Crippen LogP contribution in [0.5, 0.6) is 5.75 Å². The van der Waals surface area contributed by atoms with E-state index in [1.54, 1.807) is 42.6 Å². The summed E-state index contributed by atoms with van der Waals surface area (Å²) >= 11 is 0. The van der Waals surface area contributed by atoms with Gasteiger partial charge in [0, 0.05) is 22.9 Å². The van der Waals surface area contributed by atoms with Crippen LogP contribution in [0.15, 0.2) is 88.1 Å². The first-order valence-electron chi connectivity index (χ1n) is 11.9. The molecule has 3 aromatic carbocycles. The minimum absolute atomic E-state index is 0. The van der Waals surface area contributed by atoms with Crippen molar-refractivity contribution >= 4 is 38.0 Å². The van der Waals surface area contributed by atoms with Crippen molar-refractivity contribution in [2.24, 2.45) is 10.2 Å². The number of para-hydroxylation sites is 1. The average Bonchev–Trinajstić information content (AvgIpc) is 2.90. The molecule has 4 N–H and O–H groups in total. The van der Waals surface area contributed by atoms with E-state index in [-0.39, 0.29) is 53.9 Å². The van der Waals surface area contributed by atoms with Crippen LogP contribution in [0.25, 0.3) is 22.0 Å². The third-order valence-corrected chi connectivity index (χ3v) is 6.69. The van der Waals surface area contributed by atoms with Gasteiger partial charge < -0.3 is 17.0 Å². The smallest absolute Gasteiger partial charge is 1.00 e. The fraction of sp³-hybridized carbons (Fsp3) is 0.222. The van der Waals surface area contributed by atoms with Gasteiger partial charge in [-0.05, 0) is 49.6 Å². The predicted octanol–water partition coefficient (Wildman–Crippen LogP) is 3.19. The zero-order chi connectivity index (χ0) is 26.3. The molecular formula is C27H29N4NaO5S. The molecular weight excluding hydrogens is 515 g/mol. The van der Waals surface area contributed by atoms with Crippen LogP contribution in [0.3, 0.4) is 0 Å². The number of nitrogens with two attached hydrogens (primary N) is 1. The maximum atomic E-state index is 11.9.